The van der Waals surface area contributed by atoms with E-state index in [2.05, 4.69) is 27.7 Å². The minimum absolute atomic E-state index is 0.0649. The molecular formula is C43H82O6. The van der Waals surface area contributed by atoms with Gasteiger partial charge in [0.25, 0.3) is 0 Å². The first kappa shape index (κ1) is 47.4. The number of hydrogen-bond donors (Lipinski definition) is 0. The highest BCUT2D eigenvalue weighted by Gasteiger charge is 2.19. The molecule has 290 valence electrons. The molecule has 0 aromatic carbocycles. The van der Waals surface area contributed by atoms with E-state index in [-0.39, 0.29) is 31.1 Å². The molecule has 0 aliphatic rings. The van der Waals surface area contributed by atoms with Crippen molar-refractivity contribution >= 4 is 17.9 Å². The summed E-state index contributed by atoms with van der Waals surface area (Å²) in [5, 5.41) is 0. The van der Waals surface area contributed by atoms with Gasteiger partial charge in [-0.2, -0.15) is 0 Å². The number of ether oxygens (including phenoxy) is 3. The van der Waals surface area contributed by atoms with Gasteiger partial charge in [0, 0.05) is 19.3 Å². The molecule has 0 aliphatic heterocycles. The summed E-state index contributed by atoms with van der Waals surface area (Å²) in [6.07, 6.45) is 35.2. The van der Waals surface area contributed by atoms with Gasteiger partial charge in [-0.3, -0.25) is 14.4 Å². The van der Waals surface area contributed by atoms with Gasteiger partial charge in [-0.1, -0.05) is 195 Å². The van der Waals surface area contributed by atoms with E-state index in [1.54, 1.807) is 0 Å². The zero-order valence-electron chi connectivity index (χ0n) is 33.1. The van der Waals surface area contributed by atoms with Crippen molar-refractivity contribution < 1.29 is 28.6 Å². The molecule has 0 rings (SSSR count). The molecule has 0 N–H and O–H groups in total. The SMILES string of the molecule is CCCCCCCCCCCCC(=O)OC[C@@H](COC(=O)CCCCCCCCCCCCCC(C)C)OC(=O)CCCCCCCCC. The molecule has 0 radical (unpaired) electrons. The lowest BCUT2D eigenvalue weighted by atomic mass is 10.0. The van der Waals surface area contributed by atoms with E-state index in [1.165, 1.54) is 128 Å². The summed E-state index contributed by atoms with van der Waals surface area (Å²) in [4.78, 5) is 37.4. The van der Waals surface area contributed by atoms with Crippen LogP contribution >= 0.6 is 0 Å². The van der Waals surface area contributed by atoms with Gasteiger partial charge in [0.2, 0.25) is 0 Å². The molecule has 1 atom stereocenters. The topological polar surface area (TPSA) is 78.9 Å². The smallest absolute Gasteiger partial charge is 0.306 e. The van der Waals surface area contributed by atoms with E-state index >= 15 is 0 Å². The van der Waals surface area contributed by atoms with Gasteiger partial charge in [0.1, 0.15) is 13.2 Å². The quantitative estimate of drug-likeness (QED) is 0.0364. The van der Waals surface area contributed by atoms with Crippen molar-refractivity contribution in [1.29, 1.82) is 0 Å². The van der Waals surface area contributed by atoms with Crippen molar-refractivity contribution in [3.63, 3.8) is 0 Å². The van der Waals surface area contributed by atoms with E-state index in [9.17, 15) is 14.4 Å². The molecule has 0 saturated carbocycles. The zero-order valence-corrected chi connectivity index (χ0v) is 33.1. The van der Waals surface area contributed by atoms with Crippen LogP contribution in [0.15, 0.2) is 0 Å². The van der Waals surface area contributed by atoms with E-state index < -0.39 is 6.10 Å². The molecule has 0 aromatic rings. The molecule has 0 unspecified atom stereocenters. The van der Waals surface area contributed by atoms with Crippen LogP contribution < -0.4 is 0 Å². The van der Waals surface area contributed by atoms with Gasteiger partial charge < -0.3 is 14.2 Å². The molecule has 0 bridgehead atoms. The van der Waals surface area contributed by atoms with Crippen LogP contribution in [0.25, 0.3) is 0 Å². The summed E-state index contributed by atoms with van der Waals surface area (Å²) in [6, 6.07) is 0. The van der Waals surface area contributed by atoms with Crippen LogP contribution in [0.1, 0.15) is 233 Å². The largest absolute Gasteiger partial charge is 0.462 e. The van der Waals surface area contributed by atoms with Crippen LogP contribution in [0.5, 0.6) is 0 Å². The summed E-state index contributed by atoms with van der Waals surface area (Å²) in [7, 11) is 0. The molecule has 0 aromatic heterocycles. The van der Waals surface area contributed by atoms with Gasteiger partial charge >= 0.3 is 17.9 Å². The molecule has 0 aliphatic carbocycles. The Bertz CT molecular complexity index is 736. The fourth-order valence-corrected chi connectivity index (χ4v) is 6.27. The van der Waals surface area contributed by atoms with Crippen LogP contribution in [0.3, 0.4) is 0 Å². The highest BCUT2D eigenvalue weighted by molar-refractivity contribution is 5.71. The van der Waals surface area contributed by atoms with Gasteiger partial charge in [-0.15, -0.1) is 0 Å². The third kappa shape index (κ3) is 37.5. The number of rotatable bonds is 38. The first-order valence-electron chi connectivity index (χ1n) is 21.4. The maximum absolute atomic E-state index is 12.6. The van der Waals surface area contributed by atoms with Gasteiger partial charge in [-0.25, -0.2) is 0 Å². The first-order chi connectivity index (χ1) is 23.9. The summed E-state index contributed by atoms with van der Waals surface area (Å²) in [5.74, 6) is -0.0393. The molecule has 0 heterocycles. The van der Waals surface area contributed by atoms with Crippen molar-refractivity contribution in [3.8, 4) is 0 Å². The summed E-state index contributed by atoms with van der Waals surface area (Å²) in [5.41, 5.74) is 0. The Labute approximate surface area is 304 Å². The Hall–Kier alpha value is -1.59. The Kier molecular flexibility index (Phi) is 36.4. The van der Waals surface area contributed by atoms with E-state index in [4.69, 9.17) is 14.2 Å². The Morgan fingerprint density at radius 2 is 0.673 bits per heavy atom. The second-order valence-electron chi connectivity index (χ2n) is 15.1. The molecule has 6 nitrogen and oxygen atoms in total. The maximum atomic E-state index is 12.6. The summed E-state index contributed by atoms with van der Waals surface area (Å²) in [6.45, 7) is 8.93. The van der Waals surface area contributed by atoms with Crippen molar-refractivity contribution in [3.05, 3.63) is 0 Å². The van der Waals surface area contributed by atoms with Gasteiger partial charge in [0.15, 0.2) is 6.10 Å². The Balaban J connectivity index is 4.25. The molecular weight excluding hydrogens is 612 g/mol. The number of carbonyl (C=O) groups is 3. The molecule has 0 fully saturated rings. The normalized spacial score (nSPS) is 11.9. The van der Waals surface area contributed by atoms with Crippen molar-refractivity contribution in [2.75, 3.05) is 13.2 Å². The number of carbonyl (C=O) groups excluding carboxylic acids is 3. The van der Waals surface area contributed by atoms with Crippen molar-refractivity contribution in [2.45, 2.75) is 239 Å². The number of hydrogen-bond acceptors (Lipinski definition) is 6. The second-order valence-corrected chi connectivity index (χ2v) is 15.1. The van der Waals surface area contributed by atoms with Crippen molar-refractivity contribution in [1.82, 2.24) is 0 Å². The van der Waals surface area contributed by atoms with E-state index in [0.29, 0.717) is 19.3 Å². The lowest BCUT2D eigenvalue weighted by Gasteiger charge is -2.18. The maximum Gasteiger partial charge on any atom is 0.306 e. The summed E-state index contributed by atoms with van der Waals surface area (Å²) >= 11 is 0. The monoisotopic (exact) mass is 695 g/mol. The third-order valence-corrected chi connectivity index (χ3v) is 9.54. The average molecular weight is 695 g/mol. The lowest BCUT2D eigenvalue weighted by Crippen LogP contribution is -2.30. The van der Waals surface area contributed by atoms with Crippen LogP contribution in [0.4, 0.5) is 0 Å². The Morgan fingerprint density at radius 3 is 1.00 bits per heavy atom. The summed E-state index contributed by atoms with van der Waals surface area (Å²) < 4.78 is 16.6. The standard InChI is InChI=1S/C43H82O6/c1-5-7-9-11-13-14-19-23-26-30-34-41(44)47-37-40(49-43(46)36-32-28-21-12-10-8-6-2)38-48-42(45)35-31-27-24-20-17-15-16-18-22-25-29-33-39(3)4/h39-40H,5-38H2,1-4H3/t40-/m0/s1. The van der Waals surface area contributed by atoms with Crippen LogP contribution in [-0.4, -0.2) is 37.2 Å². The Morgan fingerprint density at radius 1 is 0.388 bits per heavy atom. The van der Waals surface area contributed by atoms with Gasteiger partial charge in [0.05, 0.1) is 0 Å². The van der Waals surface area contributed by atoms with Crippen LogP contribution in [0, 0.1) is 5.92 Å². The predicted octanol–water partition coefficient (Wildman–Crippen LogP) is 13.2. The molecule has 6 heteroatoms. The highest BCUT2D eigenvalue weighted by atomic mass is 16.6. The van der Waals surface area contributed by atoms with Crippen molar-refractivity contribution in [2.24, 2.45) is 5.92 Å². The van der Waals surface area contributed by atoms with E-state index in [1.807, 2.05) is 0 Å². The zero-order chi connectivity index (χ0) is 36.0. The van der Waals surface area contributed by atoms with Crippen LogP contribution in [-0.2, 0) is 28.6 Å². The fraction of sp³-hybridized carbons (Fsp3) is 0.930. The lowest BCUT2D eigenvalue weighted by molar-refractivity contribution is -0.167. The average Bonchev–Trinajstić information content (AvgIpc) is 3.08. The first-order valence-corrected chi connectivity index (χ1v) is 21.4. The fourth-order valence-electron chi connectivity index (χ4n) is 6.27. The van der Waals surface area contributed by atoms with Gasteiger partial charge in [-0.05, 0) is 25.2 Å². The minimum atomic E-state index is -0.757. The molecule has 0 saturated heterocycles. The number of unbranched alkanes of at least 4 members (excludes halogenated alkanes) is 25. The minimum Gasteiger partial charge on any atom is -0.462 e. The highest BCUT2D eigenvalue weighted by Crippen LogP contribution is 2.16. The predicted molar refractivity (Wildman–Crippen MR) is 206 cm³/mol. The third-order valence-electron chi connectivity index (χ3n) is 9.54. The molecule has 49 heavy (non-hydrogen) atoms. The second kappa shape index (κ2) is 37.7. The molecule has 0 spiro atoms. The number of esters is 3. The molecule has 0 amide bonds. The van der Waals surface area contributed by atoms with E-state index in [0.717, 1.165) is 63.7 Å². The van der Waals surface area contributed by atoms with Crippen LogP contribution in [0.2, 0.25) is 0 Å².